The Morgan fingerprint density at radius 1 is 1.17 bits per heavy atom. The molecule has 2 N–H and O–H groups in total. The number of carbonyl (C=O) groups is 2. The number of amides is 3. The maximum atomic E-state index is 12.3. The summed E-state index contributed by atoms with van der Waals surface area (Å²) in [6.07, 6.45) is 5.54. The summed E-state index contributed by atoms with van der Waals surface area (Å²) in [5.74, 6) is -0.266. The zero-order valence-electron chi connectivity index (χ0n) is 15.0. The Bertz CT molecular complexity index is 550. The molecule has 0 bridgehead atoms. The Morgan fingerprint density at radius 2 is 1.79 bits per heavy atom. The zero-order chi connectivity index (χ0) is 17.5. The molecule has 0 saturated heterocycles. The predicted molar refractivity (Wildman–Crippen MR) is 95.7 cm³/mol. The van der Waals surface area contributed by atoms with Crippen molar-refractivity contribution < 1.29 is 9.59 Å². The second kappa shape index (κ2) is 8.83. The molecule has 1 saturated carbocycles. The summed E-state index contributed by atoms with van der Waals surface area (Å²) >= 11 is 0. The van der Waals surface area contributed by atoms with E-state index in [4.69, 9.17) is 0 Å². The topological polar surface area (TPSA) is 61.4 Å². The molecule has 0 aromatic heterocycles. The van der Waals surface area contributed by atoms with Crippen LogP contribution in [0.15, 0.2) is 24.3 Å². The first-order valence-corrected chi connectivity index (χ1v) is 8.83. The molecule has 0 spiro atoms. The first-order valence-electron chi connectivity index (χ1n) is 8.83. The van der Waals surface area contributed by atoms with Crippen LogP contribution in [0.2, 0.25) is 0 Å². The zero-order valence-corrected chi connectivity index (χ0v) is 15.0. The van der Waals surface area contributed by atoms with Gasteiger partial charge < -0.3 is 5.32 Å². The average Bonchev–Trinajstić information content (AvgIpc) is 2.57. The third-order valence-electron chi connectivity index (χ3n) is 4.77. The van der Waals surface area contributed by atoms with Gasteiger partial charge in [-0.1, -0.05) is 49.1 Å². The van der Waals surface area contributed by atoms with Crippen LogP contribution in [-0.2, 0) is 11.3 Å². The molecular formula is C19H29N3O2. The molecule has 132 valence electrons. The number of likely N-dealkylation sites (N-methyl/N-ethyl adjacent to an activating group) is 1. The minimum atomic E-state index is -0.373. The second-order valence-electron chi connectivity index (χ2n) is 6.87. The van der Waals surface area contributed by atoms with E-state index in [1.807, 2.05) is 18.9 Å². The van der Waals surface area contributed by atoms with E-state index >= 15 is 0 Å². The lowest BCUT2D eigenvalue weighted by Crippen LogP contribution is -2.50. The number of carbonyl (C=O) groups excluding carboxylic acids is 2. The van der Waals surface area contributed by atoms with Crippen molar-refractivity contribution in [1.82, 2.24) is 15.5 Å². The van der Waals surface area contributed by atoms with Crippen molar-refractivity contribution in [3.63, 3.8) is 0 Å². The van der Waals surface area contributed by atoms with Gasteiger partial charge in [0.1, 0.15) is 0 Å². The Balaban J connectivity index is 1.79. The van der Waals surface area contributed by atoms with Crippen LogP contribution in [0.4, 0.5) is 4.79 Å². The standard InChI is InChI=1S/C19H29N3O2/c1-14-9-11-16(12-10-14)13-22(3)15(2)18(23)21-19(24)20-17-7-5-4-6-8-17/h9-12,15,17H,4-8,13H2,1-3H3,(H2,20,21,23,24)/t15-/m0/s1. The van der Waals surface area contributed by atoms with Crippen LogP contribution in [0.1, 0.15) is 50.2 Å². The number of hydrogen-bond donors (Lipinski definition) is 2. The van der Waals surface area contributed by atoms with Crippen molar-refractivity contribution >= 4 is 11.9 Å². The largest absolute Gasteiger partial charge is 0.335 e. The van der Waals surface area contributed by atoms with Gasteiger partial charge in [0.2, 0.25) is 5.91 Å². The van der Waals surface area contributed by atoms with Gasteiger partial charge in [-0.25, -0.2) is 4.79 Å². The summed E-state index contributed by atoms with van der Waals surface area (Å²) in [4.78, 5) is 26.2. The van der Waals surface area contributed by atoms with Gasteiger partial charge >= 0.3 is 6.03 Å². The molecule has 3 amide bonds. The first kappa shape index (κ1) is 18.5. The van der Waals surface area contributed by atoms with Crippen LogP contribution >= 0.6 is 0 Å². The molecule has 0 unspecified atom stereocenters. The van der Waals surface area contributed by atoms with E-state index in [-0.39, 0.29) is 24.0 Å². The summed E-state index contributed by atoms with van der Waals surface area (Å²) in [6, 6.07) is 7.70. The highest BCUT2D eigenvalue weighted by atomic mass is 16.2. The Morgan fingerprint density at radius 3 is 2.42 bits per heavy atom. The molecular weight excluding hydrogens is 302 g/mol. The number of rotatable bonds is 5. The fourth-order valence-electron chi connectivity index (χ4n) is 3.00. The molecule has 1 atom stereocenters. The highest BCUT2D eigenvalue weighted by molar-refractivity contribution is 5.96. The number of aryl methyl sites for hydroxylation is 1. The van der Waals surface area contributed by atoms with E-state index in [0.29, 0.717) is 6.54 Å². The van der Waals surface area contributed by atoms with Crippen molar-refractivity contribution in [3.8, 4) is 0 Å². The van der Waals surface area contributed by atoms with Crippen LogP contribution < -0.4 is 10.6 Å². The third kappa shape index (κ3) is 5.64. The number of urea groups is 1. The Hall–Kier alpha value is -1.88. The average molecular weight is 331 g/mol. The van der Waals surface area contributed by atoms with Crippen molar-refractivity contribution in [1.29, 1.82) is 0 Å². The summed E-state index contributed by atoms with van der Waals surface area (Å²) < 4.78 is 0. The number of nitrogens with zero attached hydrogens (tertiary/aromatic N) is 1. The number of nitrogens with one attached hydrogen (secondary N) is 2. The van der Waals surface area contributed by atoms with Gasteiger partial charge in [-0.3, -0.25) is 15.0 Å². The summed E-state index contributed by atoms with van der Waals surface area (Å²) in [6.45, 7) is 4.53. The SMILES string of the molecule is Cc1ccc(CN(C)[C@@H](C)C(=O)NC(=O)NC2CCCCC2)cc1. The molecule has 2 rings (SSSR count). The van der Waals surface area contributed by atoms with E-state index in [1.165, 1.54) is 12.0 Å². The van der Waals surface area contributed by atoms with Crippen molar-refractivity contribution in [2.75, 3.05) is 7.05 Å². The van der Waals surface area contributed by atoms with Gasteiger partial charge in [0.05, 0.1) is 6.04 Å². The fourth-order valence-corrected chi connectivity index (χ4v) is 3.00. The molecule has 1 aromatic carbocycles. The normalized spacial score (nSPS) is 16.7. The molecule has 1 fully saturated rings. The first-order chi connectivity index (χ1) is 11.5. The maximum absolute atomic E-state index is 12.3. The molecule has 24 heavy (non-hydrogen) atoms. The van der Waals surface area contributed by atoms with E-state index in [9.17, 15) is 9.59 Å². The van der Waals surface area contributed by atoms with E-state index < -0.39 is 0 Å². The molecule has 1 aromatic rings. The molecule has 1 aliphatic rings. The van der Waals surface area contributed by atoms with Crippen LogP contribution in [0, 0.1) is 6.92 Å². The van der Waals surface area contributed by atoms with Gasteiger partial charge in [-0.05, 0) is 39.3 Å². The lowest BCUT2D eigenvalue weighted by Gasteiger charge is -2.25. The lowest BCUT2D eigenvalue weighted by molar-refractivity contribution is -0.124. The van der Waals surface area contributed by atoms with Gasteiger partial charge in [-0.15, -0.1) is 0 Å². The van der Waals surface area contributed by atoms with Crippen LogP contribution in [0.3, 0.4) is 0 Å². The maximum Gasteiger partial charge on any atom is 0.321 e. The van der Waals surface area contributed by atoms with E-state index in [1.54, 1.807) is 0 Å². The lowest BCUT2D eigenvalue weighted by atomic mass is 9.96. The summed E-state index contributed by atoms with van der Waals surface area (Å²) in [5.41, 5.74) is 2.36. The number of hydrogen-bond acceptors (Lipinski definition) is 3. The number of imide groups is 1. The van der Waals surface area contributed by atoms with Gasteiger partial charge in [0.15, 0.2) is 0 Å². The molecule has 0 radical (unpaired) electrons. The van der Waals surface area contributed by atoms with Crippen molar-refractivity contribution in [3.05, 3.63) is 35.4 Å². The predicted octanol–water partition coefficient (Wildman–Crippen LogP) is 2.97. The summed E-state index contributed by atoms with van der Waals surface area (Å²) in [7, 11) is 1.89. The highest BCUT2D eigenvalue weighted by Gasteiger charge is 2.22. The summed E-state index contributed by atoms with van der Waals surface area (Å²) in [5, 5.41) is 5.38. The third-order valence-corrected chi connectivity index (χ3v) is 4.77. The minimum absolute atomic E-state index is 0.201. The quantitative estimate of drug-likeness (QED) is 0.872. The second-order valence-corrected chi connectivity index (χ2v) is 6.87. The van der Waals surface area contributed by atoms with Crippen LogP contribution in [0.25, 0.3) is 0 Å². The van der Waals surface area contributed by atoms with Gasteiger partial charge in [0.25, 0.3) is 0 Å². The van der Waals surface area contributed by atoms with Gasteiger partial charge in [0, 0.05) is 12.6 Å². The molecule has 1 aliphatic carbocycles. The molecule has 0 heterocycles. The molecule has 0 aliphatic heterocycles. The molecule has 5 nitrogen and oxygen atoms in total. The van der Waals surface area contributed by atoms with E-state index in [0.717, 1.165) is 31.2 Å². The monoisotopic (exact) mass is 331 g/mol. The van der Waals surface area contributed by atoms with Crippen molar-refractivity contribution in [2.24, 2.45) is 0 Å². The molecule has 5 heteroatoms. The number of benzene rings is 1. The Labute approximate surface area is 144 Å². The van der Waals surface area contributed by atoms with E-state index in [2.05, 4.69) is 41.8 Å². The fraction of sp³-hybridized carbons (Fsp3) is 0.579. The van der Waals surface area contributed by atoms with Gasteiger partial charge in [-0.2, -0.15) is 0 Å². The van der Waals surface area contributed by atoms with Crippen LogP contribution in [-0.4, -0.2) is 36.0 Å². The Kier molecular flexibility index (Phi) is 6.79. The minimum Gasteiger partial charge on any atom is -0.335 e. The van der Waals surface area contributed by atoms with Crippen LogP contribution in [0.5, 0.6) is 0 Å². The van der Waals surface area contributed by atoms with Crippen molar-refractivity contribution in [2.45, 2.75) is 64.6 Å². The highest BCUT2D eigenvalue weighted by Crippen LogP contribution is 2.17. The smallest absolute Gasteiger partial charge is 0.321 e.